The van der Waals surface area contributed by atoms with E-state index in [0.29, 0.717) is 13.0 Å². The van der Waals surface area contributed by atoms with Gasteiger partial charge in [-0.3, -0.25) is 19.2 Å². The third-order valence-corrected chi connectivity index (χ3v) is 5.97. The van der Waals surface area contributed by atoms with Crippen LogP contribution in [0.25, 0.3) is 0 Å². The van der Waals surface area contributed by atoms with Crippen LogP contribution in [-0.2, 0) is 30.3 Å². The van der Waals surface area contributed by atoms with Crippen molar-refractivity contribution >= 4 is 42.4 Å². The van der Waals surface area contributed by atoms with Gasteiger partial charge in [-0.1, -0.05) is 39.8 Å². The lowest BCUT2D eigenvalue weighted by Crippen LogP contribution is -2.57. The van der Waals surface area contributed by atoms with Crippen LogP contribution in [0.15, 0.2) is 24.3 Å². The van der Waals surface area contributed by atoms with Gasteiger partial charge in [0.2, 0.25) is 17.7 Å². The molecule has 6 N–H and O–H groups in total. The molecular weight excluding hydrogens is 540 g/mol. The molecule has 0 saturated carbocycles. The van der Waals surface area contributed by atoms with Gasteiger partial charge in [0.15, 0.2) is 0 Å². The van der Waals surface area contributed by atoms with Crippen LogP contribution in [0.2, 0.25) is 0 Å². The predicted octanol–water partition coefficient (Wildman–Crippen LogP) is 1.61. The van der Waals surface area contributed by atoms with Crippen molar-refractivity contribution in [2.24, 2.45) is 11.8 Å². The quantitative estimate of drug-likeness (QED) is 0.135. The lowest BCUT2D eigenvalue weighted by Gasteiger charge is -2.25. The second kappa shape index (κ2) is 18.0. The molecule has 3 atom stereocenters. The molecule has 4 amide bonds. The summed E-state index contributed by atoms with van der Waals surface area (Å²) in [4.78, 5) is 62.1. The van der Waals surface area contributed by atoms with Crippen LogP contribution in [0, 0.1) is 11.8 Å². The Morgan fingerprint density at radius 1 is 0.850 bits per heavy atom. The van der Waals surface area contributed by atoms with E-state index >= 15 is 0 Å². The van der Waals surface area contributed by atoms with Crippen LogP contribution in [-0.4, -0.2) is 77.0 Å². The number of nitrogens with one attached hydrogen (secondary N) is 4. The molecule has 0 saturated heterocycles. The van der Waals surface area contributed by atoms with Gasteiger partial charge in [-0.15, -0.1) is 0 Å². The van der Waals surface area contributed by atoms with Gasteiger partial charge < -0.3 is 36.2 Å². The highest BCUT2D eigenvalue weighted by Crippen LogP contribution is 2.10. The number of carbonyl (C=O) groups excluding carboxylic acids is 4. The van der Waals surface area contributed by atoms with Crippen molar-refractivity contribution in [2.75, 3.05) is 18.9 Å². The smallest absolute Gasteiger partial charge is 0.407 e. The molecule has 13 heteroatoms. The normalized spacial score (nSPS) is 13.2. The summed E-state index contributed by atoms with van der Waals surface area (Å²) in [5.41, 5.74) is 0.906. The van der Waals surface area contributed by atoms with Crippen LogP contribution in [0.5, 0.6) is 5.75 Å². The van der Waals surface area contributed by atoms with Gasteiger partial charge in [-0.05, 0) is 48.8 Å². The molecule has 0 spiro atoms. The fraction of sp³-hybridized carbons (Fsp3) is 0.593. The molecule has 0 fully saturated rings. The largest absolute Gasteiger partial charge is 0.508 e. The molecule has 0 aliphatic carbocycles. The number of aromatic hydroxyl groups is 1. The molecule has 224 valence electrons. The standard InChI is InChI=1S/C27H42N4O8S/c1-16(2)13-21(29-25(36)20(9-10-23(33)34)31-27(38)39-14-17(3)4)26(37)30-22(15-40)24(35)28-12-11-18-5-7-19(32)8-6-18/h5-8,16-17,20-22,32,40H,9-15H2,1-4H3,(H,28,35)(H,29,36)(H,30,37)(H,31,38)(H,33,34)/t20-,21-,22-/m0/s1. The molecule has 0 aromatic heterocycles. The van der Waals surface area contributed by atoms with Gasteiger partial charge in [-0.2, -0.15) is 12.6 Å². The van der Waals surface area contributed by atoms with Crippen LogP contribution in [0.1, 0.15) is 52.5 Å². The number of alkyl carbamates (subject to hydrolysis) is 1. The van der Waals surface area contributed by atoms with Crippen molar-refractivity contribution in [1.82, 2.24) is 21.3 Å². The summed E-state index contributed by atoms with van der Waals surface area (Å²) in [6.07, 6.45) is -0.742. The maximum absolute atomic E-state index is 13.1. The van der Waals surface area contributed by atoms with E-state index in [4.69, 9.17) is 9.84 Å². The number of ether oxygens (including phenoxy) is 1. The van der Waals surface area contributed by atoms with Gasteiger partial charge in [0, 0.05) is 18.7 Å². The van der Waals surface area contributed by atoms with Gasteiger partial charge in [-0.25, -0.2) is 4.79 Å². The molecule has 0 unspecified atom stereocenters. The number of carbonyl (C=O) groups is 5. The van der Waals surface area contributed by atoms with Crippen LogP contribution < -0.4 is 21.3 Å². The first-order valence-corrected chi connectivity index (χ1v) is 13.9. The zero-order valence-corrected chi connectivity index (χ0v) is 24.3. The number of phenolic OH excluding ortho intramolecular Hbond substituents is 1. The Balaban J connectivity index is 2.84. The average molecular weight is 583 g/mol. The van der Waals surface area contributed by atoms with Crippen LogP contribution in [0.3, 0.4) is 0 Å². The monoisotopic (exact) mass is 582 g/mol. The van der Waals surface area contributed by atoms with Crippen molar-refractivity contribution in [3.8, 4) is 5.75 Å². The van der Waals surface area contributed by atoms with E-state index in [1.165, 1.54) is 0 Å². The van der Waals surface area contributed by atoms with E-state index in [9.17, 15) is 29.1 Å². The number of carboxylic acids is 1. The SMILES string of the molecule is CC(C)COC(=O)N[C@@H](CCC(=O)O)C(=O)N[C@@H](CC(C)C)C(=O)N[C@@H](CS)C(=O)NCCc1ccc(O)cc1. The summed E-state index contributed by atoms with van der Waals surface area (Å²) in [6, 6.07) is 3.29. The summed E-state index contributed by atoms with van der Waals surface area (Å²) in [7, 11) is 0. The van der Waals surface area contributed by atoms with E-state index in [1.807, 2.05) is 27.7 Å². The summed E-state index contributed by atoms with van der Waals surface area (Å²) in [5.74, 6) is -2.79. The van der Waals surface area contributed by atoms with Gasteiger partial charge in [0.05, 0.1) is 6.61 Å². The first-order chi connectivity index (χ1) is 18.8. The van der Waals surface area contributed by atoms with Crippen molar-refractivity contribution in [1.29, 1.82) is 0 Å². The molecule has 0 radical (unpaired) electrons. The maximum atomic E-state index is 13.1. The Morgan fingerprint density at radius 3 is 2.00 bits per heavy atom. The zero-order chi connectivity index (χ0) is 30.2. The summed E-state index contributed by atoms with van der Waals surface area (Å²) in [5, 5.41) is 28.8. The van der Waals surface area contributed by atoms with Gasteiger partial charge in [0.1, 0.15) is 23.9 Å². The molecule has 0 aliphatic rings. The molecule has 0 heterocycles. The Morgan fingerprint density at radius 2 is 1.45 bits per heavy atom. The third-order valence-electron chi connectivity index (χ3n) is 5.61. The van der Waals surface area contributed by atoms with E-state index in [1.54, 1.807) is 24.3 Å². The fourth-order valence-electron chi connectivity index (χ4n) is 3.52. The first kappa shape index (κ1) is 34.5. The van der Waals surface area contributed by atoms with E-state index in [-0.39, 0.29) is 42.8 Å². The number of benzene rings is 1. The lowest BCUT2D eigenvalue weighted by molar-refractivity contribution is -0.137. The minimum atomic E-state index is -1.25. The molecule has 1 aromatic carbocycles. The van der Waals surface area contributed by atoms with Crippen molar-refractivity contribution < 1.29 is 38.9 Å². The Kier molecular flexibility index (Phi) is 15.5. The average Bonchev–Trinajstić information content (AvgIpc) is 2.88. The topological polar surface area (TPSA) is 183 Å². The number of rotatable bonds is 17. The second-order valence-corrected chi connectivity index (χ2v) is 10.6. The van der Waals surface area contributed by atoms with E-state index < -0.39 is 54.3 Å². The summed E-state index contributed by atoms with van der Waals surface area (Å²) >= 11 is 4.18. The zero-order valence-electron chi connectivity index (χ0n) is 23.4. The highest BCUT2D eigenvalue weighted by molar-refractivity contribution is 7.80. The number of aliphatic carboxylic acids is 1. The number of phenols is 1. The third kappa shape index (κ3) is 14.1. The minimum Gasteiger partial charge on any atom is -0.508 e. The molecule has 0 bridgehead atoms. The second-order valence-electron chi connectivity index (χ2n) is 10.3. The van der Waals surface area contributed by atoms with Gasteiger partial charge in [0.25, 0.3) is 0 Å². The van der Waals surface area contributed by atoms with Crippen molar-refractivity contribution in [3.63, 3.8) is 0 Å². The number of hydrogen-bond acceptors (Lipinski definition) is 8. The molecule has 40 heavy (non-hydrogen) atoms. The Labute approximate surface area is 240 Å². The predicted molar refractivity (Wildman–Crippen MR) is 152 cm³/mol. The van der Waals surface area contributed by atoms with E-state index in [2.05, 4.69) is 33.9 Å². The molecular formula is C27H42N4O8S. The Bertz CT molecular complexity index is 987. The minimum absolute atomic E-state index is 0.00358. The lowest BCUT2D eigenvalue weighted by atomic mass is 10.0. The summed E-state index contributed by atoms with van der Waals surface area (Å²) < 4.78 is 5.05. The molecule has 0 aliphatic heterocycles. The molecule has 1 rings (SSSR count). The van der Waals surface area contributed by atoms with Crippen LogP contribution >= 0.6 is 12.6 Å². The van der Waals surface area contributed by atoms with Crippen molar-refractivity contribution in [2.45, 2.75) is 71.5 Å². The highest BCUT2D eigenvalue weighted by Gasteiger charge is 2.30. The number of thiol groups is 1. The van der Waals surface area contributed by atoms with Crippen LogP contribution in [0.4, 0.5) is 4.79 Å². The molecule has 12 nitrogen and oxygen atoms in total. The Hall–Kier alpha value is -3.48. The number of carboxylic acid groups (broad SMARTS) is 1. The van der Waals surface area contributed by atoms with E-state index in [0.717, 1.165) is 5.56 Å². The molecule has 1 aromatic rings. The maximum Gasteiger partial charge on any atom is 0.407 e. The highest BCUT2D eigenvalue weighted by atomic mass is 32.1. The number of hydrogen-bond donors (Lipinski definition) is 7. The fourth-order valence-corrected chi connectivity index (χ4v) is 3.78. The summed E-state index contributed by atoms with van der Waals surface area (Å²) in [6.45, 7) is 7.78. The van der Waals surface area contributed by atoms with Gasteiger partial charge >= 0.3 is 12.1 Å². The number of amides is 4. The van der Waals surface area contributed by atoms with Crippen molar-refractivity contribution in [3.05, 3.63) is 29.8 Å². The first-order valence-electron chi connectivity index (χ1n) is 13.2.